The Balaban J connectivity index is 1.60. The fourth-order valence-corrected chi connectivity index (χ4v) is 3.81. The molecule has 2 saturated heterocycles. The molecule has 19 heavy (non-hydrogen) atoms. The summed E-state index contributed by atoms with van der Waals surface area (Å²) in [6.45, 7) is 3.43. The molecule has 1 aliphatic carbocycles. The van der Waals surface area contributed by atoms with Crippen LogP contribution in [0.1, 0.15) is 41.6 Å². The molecule has 2 heterocycles. The van der Waals surface area contributed by atoms with Gasteiger partial charge < -0.3 is 4.74 Å². The molecule has 100 valence electrons. The Morgan fingerprint density at radius 2 is 2.11 bits per heavy atom. The maximum atomic E-state index is 11.8. The summed E-state index contributed by atoms with van der Waals surface area (Å²) in [7, 11) is 0. The number of Topliss-reactive ketones (excluding diaryl/α,β-unsaturated/α-hetero) is 1. The van der Waals surface area contributed by atoms with Gasteiger partial charge in [-0.25, -0.2) is 0 Å². The van der Waals surface area contributed by atoms with Crippen LogP contribution in [0.2, 0.25) is 0 Å². The van der Waals surface area contributed by atoms with Crippen molar-refractivity contribution in [1.29, 1.82) is 0 Å². The summed E-state index contributed by atoms with van der Waals surface area (Å²) in [6.07, 6.45) is 5.06. The second-order valence-corrected chi connectivity index (χ2v) is 6.16. The highest BCUT2D eigenvalue weighted by Crippen LogP contribution is 2.36. The number of hydrogen-bond acceptors (Lipinski definition) is 3. The number of fused-ring (bicyclic) bond motifs is 3. The lowest BCUT2D eigenvalue weighted by molar-refractivity contribution is 0.0452. The molecule has 3 heteroatoms. The van der Waals surface area contributed by atoms with E-state index in [1.54, 1.807) is 0 Å². The van der Waals surface area contributed by atoms with Gasteiger partial charge in [0, 0.05) is 31.5 Å². The number of ether oxygens (including phenoxy) is 1. The van der Waals surface area contributed by atoms with E-state index >= 15 is 0 Å². The van der Waals surface area contributed by atoms with E-state index in [0.717, 1.165) is 43.7 Å². The summed E-state index contributed by atoms with van der Waals surface area (Å²) < 4.78 is 6.31. The van der Waals surface area contributed by atoms with Crippen molar-refractivity contribution in [3.8, 4) is 5.75 Å². The zero-order valence-corrected chi connectivity index (χ0v) is 11.2. The molecule has 0 amide bonds. The predicted octanol–water partition coefficient (Wildman–Crippen LogP) is 2.43. The number of piperidine rings is 1. The van der Waals surface area contributed by atoms with Crippen molar-refractivity contribution in [2.75, 3.05) is 19.6 Å². The first-order valence-electron chi connectivity index (χ1n) is 7.32. The smallest absolute Gasteiger partial charge is 0.163 e. The van der Waals surface area contributed by atoms with Gasteiger partial charge in [-0.15, -0.1) is 0 Å². The molecule has 2 bridgehead atoms. The van der Waals surface area contributed by atoms with Crippen LogP contribution in [0.25, 0.3) is 0 Å². The quantitative estimate of drug-likeness (QED) is 0.815. The van der Waals surface area contributed by atoms with Gasteiger partial charge in [0.1, 0.15) is 11.4 Å². The van der Waals surface area contributed by atoms with Crippen LogP contribution in [0.4, 0.5) is 0 Å². The van der Waals surface area contributed by atoms with E-state index in [1.807, 2.05) is 12.1 Å². The lowest BCUT2D eigenvalue weighted by Crippen LogP contribution is -2.43. The van der Waals surface area contributed by atoms with E-state index in [-0.39, 0.29) is 11.4 Å². The summed E-state index contributed by atoms with van der Waals surface area (Å²) in [5.74, 6) is 1.16. The molecule has 1 aromatic carbocycles. The molecule has 1 aromatic rings. The zero-order chi connectivity index (χ0) is 12.9. The number of hydrogen-bond donors (Lipinski definition) is 0. The van der Waals surface area contributed by atoms with E-state index in [0.29, 0.717) is 6.42 Å². The van der Waals surface area contributed by atoms with E-state index in [2.05, 4.69) is 11.0 Å². The summed E-state index contributed by atoms with van der Waals surface area (Å²) >= 11 is 0. The van der Waals surface area contributed by atoms with Crippen molar-refractivity contribution < 1.29 is 9.53 Å². The van der Waals surface area contributed by atoms with Crippen LogP contribution in [0.3, 0.4) is 0 Å². The van der Waals surface area contributed by atoms with Crippen LogP contribution in [0.5, 0.6) is 5.75 Å². The molecule has 0 aromatic heterocycles. The number of benzene rings is 1. The first-order chi connectivity index (χ1) is 9.24. The number of nitrogens with zero attached hydrogens (tertiary/aromatic N) is 1. The van der Waals surface area contributed by atoms with E-state index < -0.39 is 0 Å². The minimum absolute atomic E-state index is 0.00807. The molecule has 1 unspecified atom stereocenters. The minimum Gasteiger partial charge on any atom is -0.486 e. The van der Waals surface area contributed by atoms with E-state index in [1.165, 1.54) is 18.5 Å². The minimum atomic E-state index is 0.00807. The van der Waals surface area contributed by atoms with Crippen molar-refractivity contribution in [2.45, 2.75) is 37.7 Å². The number of aryl methyl sites for hydroxylation is 1. The van der Waals surface area contributed by atoms with Crippen LogP contribution < -0.4 is 4.74 Å². The van der Waals surface area contributed by atoms with Gasteiger partial charge in [-0.05, 0) is 43.5 Å². The molecule has 2 aliphatic heterocycles. The van der Waals surface area contributed by atoms with Gasteiger partial charge in [-0.2, -0.15) is 0 Å². The van der Waals surface area contributed by atoms with Crippen molar-refractivity contribution in [3.05, 3.63) is 29.3 Å². The van der Waals surface area contributed by atoms with Gasteiger partial charge in [-0.3, -0.25) is 9.69 Å². The molecule has 0 saturated carbocycles. The highest BCUT2D eigenvalue weighted by atomic mass is 16.5. The van der Waals surface area contributed by atoms with Crippen LogP contribution in [0, 0.1) is 0 Å². The first-order valence-corrected chi connectivity index (χ1v) is 7.32. The van der Waals surface area contributed by atoms with Crippen molar-refractivity contribution in [1.82, 2.24) is 4.90 Å². The highest BCUT2D eigenvalue weighted by molar-refractivity contribution is 6.00. The Kier molecular flexibility index (Phi) is 2.46. The lowest BCUT2D eigenvalue weighted by atomic mass is 9.94. The largest absolute Gasteiger partial charge is 0.486 e. The van der Waals surface area contributed by atoms with Crippen molar-refractivity contribution >= 4 is 5.78 Å². The normalized spacial score (nSPS) is 32.4. The molecule has 3 aliphatic rings. The SMILES string of the molecule is O=C1CCc2ccc(O[C@@]34CCCN(CC3)C4)cc21. The Bertz CT molecular complexity index is 536. The number of carbonyl (C=O) groups excluding carboxylic acids is 1. The highest BCUT2D eigenvalue weighted by Gasteiger charge is 2.43. The van der Waals surface area contributed by atoms with Gasteiger partial charge in [0.2, 0.25) is 0 Å². The monoisotopic (exact) mass is 257 g/mol. The fraction of sp³-hybridized carbons (Fsp3) is 0.562. The van der Waals surface area contributed by atoms with E-state index in [9.17, 15) is 4.79 Å². The van der Waals surface area contributed by atoms with Gasteiger partial charge >= 0.3 is 0 Å². The average molecular weight is 257 g/mol. The third-order valence-corrected chi connectivity index (χ3v) is 4.84. The number of ketones is 1. The summed E-state index contributed by atoms with van der Waals surface area (Å²) in [5, 5.41) is 0. The van der Waals surface area contributed by atoms with Gasteiger partial charge in [0.15, 0.2) is 5.78 Å². The van der Waals surface area contributed by atoms with E-state index in [4.69, 9.17) is 4.74 Å². The van der Waals surface area contributed by atoms with Crippen LogP contribution in [0.15, 0.2) is 18.2 Å². The third-order valence-electron chi connectivity index (χ3n) is 4.84. The van der Waals surface area contributed by atoms with Crippen LogP contribution in [-0.4, -0.2) is 35.9 Å². The number of rotatable bonds is 2. The summed E-state index contributed by atoms with van der Waals surface area (Å²) in [6, 6.07) is 6.09. The Hall–Kier alpha value is -1.35. The average Bonchev–Trinajstić information content (AvgIpc) is 2.91. The lowest BCUT2D eigenvalue weighted by Gasteiger charge is -2.34. The molecule has 3 nitrogen and oxygen atoms in total. The number of carbonyl (C=O) groups is 1. The Morgan fingerprint density at radius 1 is 1.16 bits per heavy atom. The molecule has 0 N–H and O–H groups in total. The van der Waals surface area contributed by atoms with Crippen molar-refractivity contribution in [3.63, 3.8) is 0 Å². The Labute approximate surface area is 113 Å². The predicted molar refractivity (Wildman–Crippen MR) is 72.7 cm³/mol. The molecule has 0 spiro atoms. The molecular weight excluding hydrogens is 238 g/mol. The molecule has 2 fully saturated rings. The van der Waals surface area contributed by atoms with Gasteiger partial charge in [-0.1, -0.05) is 6.07 Å². The standard InChI is InChI=1S/C16H19NO2/c18-15-5-3-12-2-4-13(10-14(12)15)19-16-6-1-8-17(11-16)9-7-16/h2,4,10H,1,3,5-9,11H2/t16-/m0/s1. The maximum absolute atomic E-state index is 11.8. The first kappa shape index (κ1) is 11.5. The molecule has 2 atom stereocenters. The summed E-state index contributed by atoms with van der Waals surface area (Å²) in [5.41, 5.74) is 2.08. The van der Waals surface area contributed by atoms with Crippen LogP contribution >= 0.6 is 0 Å². The van der Waals surface area contributed by atoms with Crippen LogP contribution in [-0.2, 0) is 6.42 Å². The summed E-state index contributed by atoms with van der Waals surface area (Å²) in [4.78, 5) is 14.3. The van der Waals surface area contributed by atoms with Gasteiger partial charge in [0.25, 0.3) is 0 Å². The zero-order valence-electron chi connectivity index (χ0n) is 11.2. The second kappa shape index (κ2) is 4.07. The Morgan fingerprint density at radius 3 is 3.05 bits per heavy atom. The molecule has 4 rings (SSSR count). The maximum Gasteiger partial charge on any atom is 0.163 e. The van der Waals surface area contributed by atoms with Gasteiger partial charge in [0.05, 0.1) is 0 Å². The third kappa shape index (κ3) is 1.88. The second-order valence-electron chi connectivity index (χ2n) is 6.16. The van der Waals surface area contributed by atoms with Crippen molar-refractivity contribution in [2.24, 2.45) is 0 Å². The molecular formula is C16H19NO2. The molecule has 0 radical (unpaired) electrons. The topological polar surface area (TPSA) is 29.5 Å². The fourth-order valence-electron chi connectivity index (χ4n) is 3.81.